The Bertz CT molecular complexity index is 562. The zero-order chi connectivity index (χ0) is 14.5. The molecule has 2 N–H and O–H groups in total. The number of nitrogens with two attached hydrogens (primary N) is 1. The molecule has 2 rings (SSSR count). The Balaban J connectivity index is 2.44. The van der Waals surface area contributed by atoms with E-state index in [1.54, 1.807) is 32.7 Å². The van der Waals surface area contributed by atoms with Gasteiger partial charge in [-0.25, -0.2) is 4.98 Å². The first-order chi connectivity index (χ1) is 9.71. The second-order valence-electron chi connectivity index (χ2n) is 4.13. The minimum Gasteiger partial charge on any atom is -0.497 e. The highest BCUT2D eigenvalue weighted by molar-refractivity contribution is 7.15. The van der Waals surface area contributed by atoms with Gasteiger partial charge in [0.15, 0.2) is 0 Å². The maximum Gasteiger partial charge on any atom is 0.124 e. The molecular weight excluding hydrogens is 276 g/mol. The number of methoxy groups -OCH3 is 3. The Kier molecular flexibility index (Phi) is 4.94. The van der Waals surface area contributed by atoms with Gasteiger partial charge in [0.25, 0.3) is 0 Å². The lowest BCUT2D eigenvalue weighted by atomic mass is 10.2. The summed E-state index contributed by atoms with van der Waals surface area (Å²) in [6.45, 7) is 0.918. The maximum atomic E-state index is 5.75. The van der Waals surface area contributed by atoms with Gasteiger partial charge in [-0.3, -0.25) is 0 Å². The highest BCUT2D eigenvalue weighted by atomic mass is 32.1. The summed E-state index contributed by atoms with van der Waals surface area (Å²) in [7, 11) is 4.90. The number of rotatable bonds is 6. The molecule has 0 saturated carbocycles. The molecule has 0 saturated heterocycles. The van der Waals surface area contributed by atoms with Crippen LogP contribution < -0.4 is 15.2 Å². The third kappa shape index (κ3) is 3.09. The third-order valence-electron chi connectivity index (χ3n) is 2.84. The monoisotopic (exact) mass is 294 g/mol. The van der Waals surface area contributed by atoms with Crippen LogP contribution in [0.25, 0.3) is 10.6 Å². The normalized spacial score (nSPS) is 10.6. The van der Waals surface area contributed by atoms with Gasteiger partial charge in [-0.15, -0.1) is 11.3 Å². The van der Waals surface area contributed by atoms with Crippen LogP contribution in [0.4, 0.5) is 0 Å². The van der Waals surface area contributed by atoms with E-state index < -0.39 is 0 Å². The molecule has 6 heteroatoms. The zero-order valence-corrected chi connectivity index (χ0v) is 12.6. The first-order valence-corrected chi connectivity index (χ1v) is 6.94. The lowest BCUT2D eigenvalue weighted by Crippen LogP contribution is -1.99. The topological polar surface area (TPSA) is 66.6 Å². The van der Waals surface area contributed by atoms with Crippen molar-refractivity contribution >= 4 is 11.3 Å². The summed E-state index contributed by atoms with van der Waals surface area (Å²) in [6.07, 6.45) is 0. The van der Waals surface area contributed by atoms with Crippen LogP contribution in [0.3, 0.4) is 0 Å². The van der Waals surface area contributed by atoms with Gasteiger partial charge in [-0.2, -0.15) is 0 Å². The molecular formula is C14H18N2O3S. The summed E-state index contributed by atoms with van der Waals surface area (Å²) in [5, 5.41) is 0.884. The molecule has 20 heavy (non-hydrogen) atoms. The molecule has 0 aliphatic heterocycles. The van der Waals surface area contributed by atoms with E-state index in [0.717, 1.165) is 32.6 Å². The average Bonchev–Trinajstić information content (AvgIpc) is 2.90. The van der Waals surface area contributed by atoms with E-state index in [0.29, 0.717) is 13.2 Å². The molecule has 0 fully saturated rings. The number of hydrogen-bond donors (Lipinski definition) is 1. The van der Waals surface area contributed by atoms with Crippen molar-refractivity contribution in [1.82, 2.24) is 4.98 Å². The smallest absolute Gasteiger partial charge is 0.124 e. The largest absolute Gasteiger partial charge is 0.497 e. The molecule has 1 aromatic carbocycles. The van der Waals surface area contributed by atoms with Crippen LogP contribution in [0, 0.1) is 0 Å². The summed E-state index contributed by atoms with van der Waals surface area (Å²) < 4.78 is 15.7. The molecule has 0 spiro atoms. The van der Waals surface area contributed by atoms with E-state index in [-0.39, 0.29) is 0 Å². The van der Waals surface area contributed by atoms with Gasteiger partial charge in [0, 0.05) is 30.2 Å². The molecule has 1 heterocycles. The first kappa shape index (κ1) is 14.8. The zero-order valence-electron chi connectivity index (χ0n) is 11.8. The summed E-state index contributed by atoms with van der Waals surface area (Å²) in [5.74, 6) is 1.47. The van der Waals surface area contributed by atoms with Crippen molar-refractivity contribution in [3.63, 3.8) is 0 Å². The van der Waals surface area contributed by atoms with E-state index in [9.17, 15) is 0 Å². The fourth-order valence-electron chi connectivity index (χ4n) is 1.85. The number of benzene rings is 1. The molecule has 108 valence electrons. The fourth-order valence-corrected chi connectivity index (χ4v) is 2.78. The molecule has 0 unspecified atom stereocenters. The van der Waals surface area contributed by atoms with Crippen molar-refractivity contribution in [3.8, 4) is 22.1 Å². The Morgan fingerprint density at radius 3 is 2.25 bits per heavy atom. The van der Waals surface area contributed by atoms with E-state index in [4.69, 9.17) is 19.9 Å². The molecule has 0 bridgehead atoms. The minimum absolute atomic E-state index is 0.456. The second kappa shape index (κ2) is 6.69. The van der Waals surface area contributed by atoms with Crippen molar-refractivity contribution in [2.45, 2.75) is 13.2 Å². The maximum absolute atomic E-state index is 5.75. The van der Waals surface area contributed by atoms with Crippen LogP contribution in [0.5, 0.6) is 11.5 Å². The number of thiazole rings is 1. The fraction of sp³-hybridized carbons (Fsp3) is 0.357. The summed E-state index contributed by atoms with van der Waals surface area (Å²) in [4.78, 5) is 5.63. The van der Waals surface area contributed by atoms with Crippen LogP contribution in [0.1, 0.15) is 10.6 Å². The third-order valence-corrected chi connectivity index (χ3v) is 4.01. The van der Waals surface area contributed by atoms with Gasteiger partial charge >= 0.3 is 0 Å². The number of ether oxygens (including phenoxy) is 3. The molecule has 0 radical (unpaired) electrons. The lowest BCUT2D eigenvalue weighted by molar-refractivity contribution is 0.181. The highest BCUT2D eigenvalue weighted by Gasteiger charge is 2.13. The van der Waals surface area contributed by atoms with E-state index in [2.05, 4.69) is 4.98 Å². The molecule has 0 aliphatic carbocycles. The summed E-state index contributed by atoms with van der Waals surface area (Å²) >= 11 is 1.56. The van der Waals surface area contributed by atoms with Gasteiger partial charge in [0.1, 0.15) is 16.5 Å². The van der Waals surface area contributed by atoms with Crippen LogP contribution in [-0.4, -0.2) is 26.3 Å². The average molecular weight is 294 g/mol. The molecule has 0 atom stereocenters. The Morgan fingerprint density at radius 2 is 1.75 bits per heavy atom. The quantitative estimate of drug-likeness (QED) is 0.886. The lowest BCUT2D eigenvalue weighted by Gasteiger charge is -2.06. The van der Waals surface area contributed by atoms with Gasteiger partial charge in [-0.1, -0.05) is 0 Å². The standard InChI is InChI=1S/C14H18N2O3S/c1-17-8-12-13(7-15)20-14(16-12)9-4-10(18-2)6-11(5-9)19-3/h4-6H,7-8,15H2,1-3H3. The highest BCUT2D eigenvalue weighted by Crippen LogP contribution is 2.33. The first-order valence-electron chi connectivity index (χ1n) is 6.12. The molecule has 0 amide bonds. The predicted molar refractivity (Wildman–Crippen MR) is 79.3 cm³/mol. The molecule has 2 aromatic rings. The Morgan fingerprint density at radius 1 is 1.10 bits per heavy atom. The molecule has 0 aliphatic rings. The van der Waals surface area contributed by atoms with E-state index in [1.807, 2.05) is 18.2 Å². The second-order valence-corrected chi connectivity index (χ2v) is 5.21. The number of aromatic nitrogens is 1. The number of nitrogens with zero attached hydrogens (tertiary/aromatic N) is 1. The molecule has 5 nitrogen and oxygen atoms in total. The SMILES string of the molecule is COCc1nc(-c2cc(OC)cc(OC)c2)sc1CN. The van der Waals surface area contributed by atoms with Crippen LogP contribution in [-0.2, 0) is 17.9 Å². The van der Waals surface area contributed by atoms with Gasteiger partial charge < -0.3 is 19.9 Å². The summed E-state index contributed by atoms with van der Waals surface area (Å²) in [6, 6.07) is 5.69. The predicted octanol–water partition coefficient (Wildman–Crippen LogP) is 2.43. The van der Waals surface area contributed by atoms with Crippen LogP contribution in [0.15, 0.2) is 18.2 Å². The van der Waals surface area contributed by atoms with Crippen LogP contribution in [0.2, 0.25) is 0 Å². The van der Waals surface area contributed by atoms with E-state index in [1.165, 1.54) is 0 Å². The van der Waals surface area contributed by atoms with Crippen molar-refractivity contribution in [2.75, 3.05) is 21.3 Å². The van der Waals surface area contributed by atoms with Gasteiger partial charge in [0.2, 0.25) is 0 Å². The van der Waals surface area contributed by atoms with E-state index >= 15 is 0 Å². The van der Waals surface area contributed by atoms with Crippen molar-refractivity contribution in [3.05, 3.63) is 28.8 Å². The number of hydrogen-bond acceptors (Lipinski definition) is 6. The Labute approximate surface area is 122 Å². The van der Waals surface area contributed by atoms with Crippen molar-refractivity contribution in [1.29, 1.82) is 0 Å². The van der Waals surface area contributed by atoms with Gasteiger partial charge in [0.05, 0.1) is 26.5 Å². The summed E-state index contributed by atoms with van der Waals surface area (Å²) in [5.41, 5.74) is 7.58. The van der Waals surface area contributed by atoms with Crippen LogP contribution >= 0.6 is 11.3 Å². The van der Waals surface area contributed by atoms with Crippen molar-refractivity contribution < 1.29 is 14.2 Å². The molecule has 1 aromatic heterocycles. The van der Waals surface area contributed by atoms with Gasteiger partial charge in [-0.05, 0) is 12.1 Å². The van der Waals surface area contributed by atoms with Crippen molar-refractivity contribution in [2.24, 2.45) is 5.73 Å². The minimum atomic E-state index is 0.456. The Hall–Kier alpha value is -1.63.